The Labute approximate surface area is 179 Å². The summed E-state index contributed by atoms with van der Waals surface area (Å²) in [4.78, 5) is 12.8. The maximum atomic E-state index is 12.9. The predicted octanol–water partition coefficient (Wildman–Crippen LogP) is 3.98. The fraction of sp³-hybridized carbons (Fsp3) is 0.667. The van der Waals surface area contributed by atoms with Crippen molar-refractivity contribution in [2.75, 3.05) is 20.2 Å². The minimum Gasteiger partial charge on any atom is -0.495 e. The lowest BCUT2D eigenvalue weighted by Gasteiger charge is -2.32. The van der Waals surface area contributed by atoms with Crippen LogP contribution >= 0.6 is 11.6 Å². The molecule has 1 saturated carbocycles. The van der Waals surface area contributed by atoms with Crippen molar-refractivity contribution in [1.82, 2.24) is 9.62 Å². The molecule has 1 aromatic carbocycles. The molecule has 0 atom stereocenters. The molecule has 1 aliphatic carbocycles. The van der Waals surface area contributed by atoms with Crippen molar-refractivity contribution >= 4 is 27.5 Å². The maximum absolute atomic E-state index is 12.9. The van der Waals surface area contributed by atoms with Gasteiger partial charge in [-0.15, -0.1) is 0 Å². The predicted molar refractivity (Wildman–Crippen MR) is 114 cm³/mol. The highest BCUT2D eigenvalue weighted by atomic mass is 35.5. The lowest BCUT2D eigenvalue weighted by atomic mass is 9.94. The van der Waals surface area contributed by atoms with Crippen LogP contribution in [0.1, 0.15) is 57.8 Å². The molecule has 1 aliphatic heterocycles. The summed E-state index contributed by atoms with van der Waals surface area (Å²) in [5.41, 5.74) is 0. The molecule has 2 fully saturated rings. The fourth-order valence-corrected chi connectivity index (χ4v) is 6.05. The van der Waals surface area contributed by atoms with Crippen LogP contribution in [0.15, 0.2) is 23.1 Å². The number of ether oxygens (including phenoxy) is 1. The van der Waals surface area contributed by atoms with Crippen molar-refractivity contribution < 1.29 is 17.9 Å². The van der Waals surface area contributed by atoms with Crippen LogP contribution in [0.25, 0.3) is 0 Å². The number of carbonyl (C=O) groups is 1. The van der Waals surface area contributed by atoms with Crippen LogP contribution in [0.3, 0.4) is 0 Å². The molecule has 2 aliphatic rings. The number of hydrogen-bond acceptors (Lipinski definition) is 4. The molecule has 0 aromatic heterocycles. The van der Waals surface area contributed by atoms with Crippen molar-refractivity contribution in [3.05, 3.63) is 23.2 Å². The Kier molecular flexibility index (Phi) is 7.82. The van der Waals surface area contributed by atoms with Gasteiger partial charge in [-0.2, -0.15) is 4.31 Å². The number of amides is 1. The Morgan fingerprint density at radius 1 is 1.07 bits per heavy atom. The topological polar surface area (TPSA) is 75.7 Å². The van der Waals surface area contributed by atoms with Crippen LogP contribution in [-0.4, -0.2) is 44.9 Å². The second-order valence-corrected chi connectivity index (χ2v) is 10.4. The van der Waals surface area contributed by atoms with E-state index in [1.165, 1.54) is 55.7 Å². The normalized spacial score (nSPS) is 20.6. The molecule has 1 saturated heterocycles. The molecule has 3 rings (SSSR count). The third-order valence-electron chi connectivity index (χ3n) is 6.04. The Balaban J connectivity index is 1.56. The molecule has 1 heterocycles. The van der Waals surface area contributed by atoms with Crippen LogP contribution in [0.2, 0.25) is 5.02 Å². The van der Waals surface area contributed by atoms with Crippen LogP contribution in [0, 0.1) is 5.92 Å². The first-order valence-electron chi connectivity index (χ1n) is 10.6. The van der Waals surface area contributed by atoms with Gasteiger partial charge in [0.15, 0.2) is 0 Å². The van der Waals surface area contributed by atoms with Gasteiger partial charge in [-0.1, -0.05) is 43.7 Å². The largest absolute Gasteiger partial charge is 0.495 e. The van der Waals surface area contributed by atoms with Gasteiger partial charge in [-0.3, -0.25) is 4.79 Å². The molecule has 1 amide bonds. The van der Waals surface area contributed by atoms with E-state index >= 15 is 0 Å². The first-order chi connectivity index (χ1) is 13.9. The van der Waals surface area contributed by atoms with E-state index in [0.29, 0.717) is 31.7 Å². The molecule has 6 nitrogen and oxygen atoms in total. The van der Waals surface area contributed by atoms with Crippen LogP contribution < -0.4 is 10.1 Å². The zero-order valence-corrected chi connectivity index (χ0v) is 18.6. The van der Waals surface area contributed by atoms with Gasteiger partial charge >= 0.3 is 0 Å². The van der Waals surface area contributed by atoms with E-state index in [4.69, 9.17) is 16.3 Å². The summed E-state index contributed by atoms with van der Waals surface area (Å²) in [6, 6.07) is 4.76. The SMILES string of the molecule is COc1ccc(S(=O)(=O)N2CCC(C(=O)NC3CCCCCCC3)CC2)cc1Cl. The molecule has 1 aromatic rings. The number of nitrogens with one attached hydrogen (secondary N) is 1. The number of nitrogens with zero attached hydrogens (tertiary/aromatic N) is 1. The number of rotatable bonds is 5. The molecular formula is C21H31ClN2O4S. The maximum Gasteiger partial charge on any atom is 0.243 e. The summed E-state index contributed by atoms with van der Waals surface area (Å²) < 4.78 is 32.4. The number of hydrogen-bond donors (Lipinski definition) is 1. The minimum atomic E-state index is -3.63. The Hall–Kier alpha value is -1.31. The summed E-state index contributed by atoms with van der Waals surface area (Å²) in [5.74, 6) is 0.404. The van der Waals surface area contributed by atoms with Crippen LogP contribution in [0.5, 0.6) is 5.75 Å². The standard InChI is InChI=1S/C21H31ClN2O4S/c1-28-20-10-9-18(15-19(20)22)29(26,27)24-13-11-16(12-14-24)21(25)23-17-7-5-3-2-4-6-8-17/h9-10,15-17H,2-8,11-14H2,1H3,(H,23,25). The van der Waals surface area contributed by atoms with Crippen molar-refractivity contribution in [2.24, 2.45) is 5.92 Å². The molecule has 0 bridgehead atoms. The number of sulfonamides is 1. The van der Waals surface area contributed by atoms with Crippen molar-refractivity contribution in [3.63, 3.8) is 0 Å². The number of benzene rings is 1. The average Bonchev–Trinajstić information content (AvgIpc) is 2.69. The number of methoxy groups -OCH3 is 1. The lowest BCUT2D eigenvalue weighted by Crippen LogP contribution is -2.45. The van der Waals surface area contributed by atoms with E-state index < -0.39 is 10.0 Å². The van der Waals surface area contributed by atoms with Crippen molar-refractivity contribution in [1.29, 1.82) is 0 Å². The zero-order chi connectivity index (χ0) is 20.9. The van der Waals surface area contributed by atoms with Gasteiger partial charge in [0.2, 0.25) is 15.9 Å². The van der Waals surface area contributed by atoms with E-state index in [-0.39, 0.29) is 27.8 Å². The summed E-state index contributed by atoms with van der Waals surface area (Å²) in [6.45, 7) is 0.684. The average molecular weight is 443 g/mol. The van der Waals surface area contributed by atoms with Gasteiger partial charge in [0.05, 0.1) is 17.0 Å². The first kappa shape index (κ1) is 22.4. The van der Waals surface area contributed by atoms with E-state index in [1.54, 1.807) is 6.07 Å². The van der Waals surface area contributed by atoms with Gasteiger partial charge in [-0.05, 0) is 43.9 Å². The Bertz CT molecular complexity index is 799. The minimum absolute atomic E-state index is 0.0834. The molecule has 1 N–H and O–H groups in total. The molecule has 162 valence electrons. The smallest absolute Gasteiger partial charge is 0.243 e. The molecule has 0 spiro atoms. The van der Waals surface area contributed by atoms with Crippen molar-refractivity contribution in [3.8, 4) is 5.75 Å². The fourth-order valence-electron chi connectivity index (χ4n) is 4.23. The molecule has 0 unspecified atom stereocenters. The molecule has 8 heteroatoms. The van der Waals surface area contributed by atoms with Crippen LogP contribution in [0.4, 0.5) is 0 Å². The molecular weight excluding hydrogens is 412 g/mol. The number of halogens is 1. The third kappa shape index (κ3) is 5.64. The van der Waals surface area contributed by atoms with E-state index in [1.807, 2.05) is 0 Å². The first-order valence-corrected chi connectivity index (χ1v) is 12.4. The Morgan fingerprint density at radius 2 is 1.69 bits per heavy atom. The highest BCUT2D eigenvalue weighted by Gasteiger charge is 2.33. The number of carbonyl (C=O) groups excluding carboxylic acids is 1. The lowest BCUT2D eigenvalue weighted by molar-refractivity contribution is -0.127. The summed E-state index contributed by atoms with van der Waals surface area (Å²) in [6.07, 6.45) is 9.33. The van der Waals surface area contributed by atoms with Gasteiger partial charge in [0.1, 0.15) is 5.75 Å². The monoisotopic (exact) mass is 442 g/mol. The third-order valence-corrected chi connectivity index (χ3v) is 8.23. The second-order valence-electron chi connectivity index (χ2n) is 8.03. The summed E-state index contributed by atoms with van der Waals surface area (Å²) in [7, 11) is -2.15. The molecule has 29 heavy (non-hydrogen) atoms. The second kappa shape index (κ2) is 10.1. The van der Waals surface area contributed by atoms with Gasteiger partial charge in [-0.25, -0.2) is 8.42 Å². The van der Waals surface area contributed by atoms with E-state index in [2.05, 4.69) is 5.32 Å². The number of piperidine rings is 1. The molecule has 0 radical (unpaired) electrons. The van der Waals surface area contributed by atoms with E-state index in [9.17, 15) is 13.2 Å². The van der Waals surface area contributed by atoms with Gasteiger partial charge in [0.25, 0.3) is 0 Å². The zero-order valence-electron chi connectivity index (χ0n) is 17.0. The summed E-state index contributed by atoms with van der Waals surface area (Å²) >= 11 is 6.09. The van der Waals surface area contributed by atoms with Gasteiger partial charge < -0.3 is 10.1 Å². The van der Waals surface area contributed by atoms with Crippen molar-refractivity contribution in [2.45, 2.75) is 68.7 Å². The van der Waals surface area contributed by atoms with Gasteiger partial charge in [0, 0.05) is 25.0 Å². The highest BCUT2D eigenvalue weighted by molar-refractivity contribution is 7.89. The quantitative estimate of drug-likeness (QED) is 0.748. The van der Waals surface area contributed by atoms with Crippen LogP contribution in [-0.2, 0) is 14.8 Å². The van der Waals surface area contributed by atoms with E-state index in [0.717, 1.165) is 12.8 Å². The summed E-state index contributed by atoms with van der Waals surface area (Å²) in [5, 5.41) is 3.49. The Morgan fingerprint density at radius 3 is 2.28 bits per heavy atom. The highest BCUT2D eigenvalue weighted by Crippen LogP contribution is 2.30.